The molecule has 1 unspecified atom stereocenters. The zero-order chi connectivity index (χ0) is 19.0. The Balaban J connectivity index is 2.78. The van der Waals surface area contributed by atoms with Gasteiger partial charge in [-0.1, -0.05) is 68.6 Å². The summed E-state index contributed by atoms with van der Waals surface area (Å²) in [7, 11) is 2.15. The first-order valence-corrected chi connectivity index (χ1v) is 9.91. The van der Waals surface area contributed by atoms with Crippen LogP contribution in [0.3, 0.4) is 0 Å². The third-order valence-electron chi connectivity index (χ3n) is 5.64. The third-order valence-corrected chi connectivity index (χ3v) is 5.64. The van der Waals surface area contributed by atoms with Gasteiger partial charge in [-0.2, -0.15) is 0 Å². The molecule has 0 amide bonds. The molecule has 140 valence electrons. The van der Waals surface area contributed by atoms with Gasteiger partial charge >= 0.3 is 0 Å². The van der Waals surface area contributed by atoms with Crippen LogP contribution in [0.15, 0.2) is 58.9 Å². The molecule has 1 aliphatic rings. The zero-order valence-corrected chi connectivity index (χ0v) is 17.5. The second-order valence-electron chi connectivity index (χ2n) is 7.75. The van der Waals surface area contributed by atoms with Crippen molar-refractivity contribution in [2.75, 3.05) is 7.05 Å². The molecule has 1 aliphatic carbocycles. The Labute approximate surface area is 156 Å². The maximum Gasteiger partial charge on any atom is 0.0493 e. The first-order valence-electron chi connectivity index (χ1n) is 9.91. The van der Waals surface area contributed by atoms with Crippen LogP contribution in [0.25, 0.3) is 0 Å². The number of hydrogen-bond donors (Lipinski definition) is 0. The SMILES string of the molecule is C=C(C)C(CCCCCC)N(C)C(=C)/C=C/C1=C(C)CCC(C)=C1C. The second-order valence-corrected chi connectivity index (χ2v) is 7.75. The van der Waals surface area contributed by atoms with E-state index >= 15 is 0 Å². The molecule has 1 nitrogen and oxygen atoms in total. The molecule has 0 heterocycles. The van der Waals surface area contributed by atoms with E-state index in [9.17, 15) is 0 Å². The molecule has 1 atom stereocenters. The number of likely N-dealkylation sites (N-methyl/N-ethyl adjacent to an activating group) is 1. The molecule has 0 N–H and O–H groups in total. The average Bonchev–Trinajstić information content (AvgIpc) is 2.57. The molecule has 1 heteroatoms. The standard InChI is InChI=1S/C24H39N/c1-9-10-11-12-13-24(18(2)3)25(8)21(6)16-17-23-20(5)15-14-19(4)22(23)7/h16-17,24H,2,6,9-15H2,1,3-5,7-8H3/b17-16+. The average molecular weight is 342 g/mol. The molecule has 0 saturated heterocycles. The minimum absolute atomic E-state index is 0.383. The van der Waals surface area contributed by atoms with Crippen LogP contribution >= 0.6 is 0 Å². The predicted octanol–water partition coefficient (Wildman–Crippen LogP) is 7.35. The largest absolute Gasteiger partial charge is 0.368 e. The summed E-state index contributed by atoms with van der Waals surface area (Å²) in [6.07, 6.45) is 13.2. The van der Waals surface area contributed by atoms with Gasteiger partial charge in [0.05, 0.1) is 0 Å². The van der Waals surface area contributed by atoms with E-state index in [0.717, 1.165) is 5.70 Å². The maximum absolute atomic E-state index is 4.32. The normalized spacial score (nSPS) is 16.6. The van der Waals surface area contributed by atoms with Crippen molar-refractivity contribution in [3.63, 3.8) is 0 Å². The van der Waals surface area contributed by atoms with Gasteiger partial charge in [0.25, 0.3) is 0 Å². The fourth-order valence-corrected chi connectivity index (χ4v) is 3.55. The Hall–Kier alpha value is -1.50. The Morgan fingerprint density at radius 3 is 2.32 bits per heavy atom. The van der Waals surface area contributed by atoms with E-state index in [-0.39, 0.29) is 0 Å². The minimum atomic E-state index is 0.383. The molecule has 1 rings (SSSR count). The van der Waals surface area contributed by atoms with Crippen LogP contribution in [0, 0.1) is 0 Å². The Kier molecular flexibility index (Phi) is 9.03. The molecule has 0 spiro atoms. The lowest BCUT2D eigenvalue weighted by Gasteiger charge is -2.31. The van der Waals surface area contributed by atoms with Crippen molar-refractivity contribution in [2.24, 2.45) is 0 Å². The summed E-state index contributed by atoms with van der Waals surface area (Å²) in [4.78, 5) is 2.30. The monoisotopic (exact) mass is 341 g/mol. The van der Waals surface area contributed by atoms with Crippen LogP contribution in [0.4, 0.5) is 0 Å². The zero-order valence-electron chi connectivity index (χ0n) is 17.5. The van der Waals surface area contributed by atoms with E-state index in [4.69, 9.17) is 0 Å². The van der Waals surface area contributed by atoms with E-state index in [1.54, 1.807) is 0 Å². The number of allylic oxidation sites excluding steroid dienone is 6. The highest BCUT2D eigenvalue weighted by atomic mass is 15.1. The molecule has 0 saturated carbocycles. The van der Waals surface area contributed by atoms with Crippen molar-refractivity contribution in [2.45, 2.75) is 85.6 Å². The molecule has 25 heavy (non-hydrogen) atoms. The summed E-state index contributed by atoms with van der Waals surface area (Å²) in [6.45, 7) is 19.7. The molecular formula is C24H39N. The summed E-state index contributed by atoms with van der Waals surface area (Å²) in [6, 6.07) is 0.383. The van der Waals surface area contributed by atoms with Gasteiger partial charge < -0.3 is 4.90 Å². The highest BCUT2D eigenvalue weighted by Crippen LogP contribution is 2.31. The van der Waals surface area contributed by atoms with Gasteiger partial charge in [0.1, 0.15) is 0 Å². The lowest BCUT2D eigenvalue weighted by molar-refractivity contribution is 0.325. The topological polar surface area (TPSA) is 3.24 Å². The van der Waals surface area contributed by atoms with Gasteiger partial charge in [0.15, 0.2) is 0 Å². The quantitative estimate of drug-likeness (QED) is 0.228. The molecule has 0 aromatic heterocycles. The fourth-order valence-electron chi connectivity index (χ4n) is 3.55. The van der Waals surface area contributed by atoms with Gasteiger partial charge in [-0.25, -0.2) is 0 Å². The summed E-state index contributed by atoms with van der Waals surface area (Å²) in [5, 5.41) is 0. The van der Waals surface area contributed by atoms with Crippen molar-refractivity contribution >= 4 is 0 Å². The van der Waals surface area contributed by atoms with E-state index in [0.29, 0.717) is 6.04 Å². The Morgan fingerprint density at radius 2 is 1.72 bits per heavy atom. The number of hydrogen-bond acceptors (Lipinski definition) is 1. The fraction of sp³-hybridized carbons (Fsp3) is 0.583. The highest BCUT2D eigenvalue weighted by molar-refractivity contribution is 5.48. The third kappa shape index (κ3) is 6.38. The smallest absolute Gasteiger partial charge is 0.0493 e. The van der Waals surface area contributed by atoms with E-state index in [1.807, 2.05) is 0 Å². The first kappa shape index (κ1) is 21.5. The van der Waals surface area contributed by atoms with Crippen LogP contribution in [0.5, 0.6) is 0 Å². The van der Waals surface area contributed by atoms with Crippen molar-refractivity contribution in [3.05, 3.63) is 58.9 Å². The maximum atomic E-state index is 4.32. The first-order chi connectivity index (χ1) is 11.8. The molecule has 0 bridgehead atoms. The molecule has 0 aliphatic heterocycles. The Bertz CT molecular complexity index is 571. The van der Waals surface area contributed by atoms with Crippen LogP contribution < -0.4 is 0 Å². The molecule has 0 aromatic rings. The van der Waals surface area contributed by atoms with Gasteiger partial charge in [0, 0.05) is 18.8 Å². The van der Waals surface area contributed by atoms with Crippen molar-refractivity contribution in [1.29, 1.82) is 0 Å². The van der Waals surface area contributed by atoms with E-state index in [2.05, 4.69) is 71.9 Å². The second kappa shape index (κ2) is 10.5. The van der Waals surface area contributed by atoms with E-state index < -0.39 is 0 Å². The lowest BCUT2D eigenvalue weighted by atomic mass is 9.87. The van der Waals surface area contributed by atoms with Crippen molar-refractivity contribution < 1.29 is 0 Å². The number of nitrogens with zero attached hydrogens (tertiary/aromatic N) is 1. The molecular weight excluding hydrogens is 302 g/mol. The number of unbranched alkanes of at least 4 members (excludes halogenated alkanes) is 3. The minimum Gasteiger partial charge on any atom is -0.368 e. The van der Waals surface area contributed by atoms with Crippen molar-refractivity contribution in [3.8, 4) is 0 Å². The lowest BCUT2D eigenvalue weighted by Crippen LogP contribution is -2.31. The van der Waals surface area contributed by atoms with Gasteiger partial charge in [-0.3, -0.25) is 0 Å². The number of rotatable bonds is 10. The molecule has 0 radical (unpaired) electrons. The van der Waals surface area contributed by atoms with Crippen LogP contribution in [0.2, 0.25) is 0 Å². The summed E-state index contributed by atoms with van der Waals surface area (Å²) in [5.41, 5.74) is 8.14. The van der Waals surface area contributed by atoms with Crippen LogP contribution in [-0.2, 0) is 0 Å². The van der Waals surface area contributed by atoms with Crippen LogP contribution in [-0.4, -0.2) is 18.0 Å². The molecule has 0 aromatic carbocycles. The summed E-state index contributed by atoms with van der Waals surface area (Å²) >= 11 is 0. The summed E-state index contributed by atoms with van der Waals surface area (Å²) < 4.78 is 0. The van der Waals surface area contributed by atoms with Gasteiger partial charge in [0.2, 0.25) is 0 Å². The molecule has 0 fully saturated rings. The van der Waals surface area contributed by atoms with Crippen molar-refractivity contribution in [1.82, 2.24) is 4.90 Å². The van der Waals surface area contributed by atoms with Gasteiger partial charge in [-0.15, -0.1) is 0 Å². The highest BCUT2D eigenvalue weighted by Gasteiger charge is 2.16. The summed E-state index contributed by atoms with van der Waals surface area (Å²) in [5.74, 6) is 0. The van der Waals surface area contributed by atoms with E-state index in [1.165, 1.54) is 72.8 Å². The predicted molar refractivity (Wildman–Crippen MR) is 114 cm³/mol. The van der Waals surface area contributed by atoms with Crippen LogP contribution in [0.1, 0.15) is 79.6 Å². The Morgan fingerprint density at radius 1 is 1.08 bits per heavy atom. The van der Waals surface area contributed by atoms with Gasteiger partial charge in [-0.05, 0) is 64.2 Å².